The molecule has 0 spiro atoms. The van der Waals surface area contributed by atoms with Gasteiger partial charge in [-0.25, -0.2) is 24.0 Å². The van der Waals surface area contributed by atoms with Gasteiger partial charge in [0.2, 0.25) is 0 Å². The van der Waals surface area contributed by atoms with Crippen LogP contribution in [0.2, 0.25) is 0 Å². The summed E-state index contributed by atoms with van der Waals surface area (Å²) in [5.41, 5.74) is 1.43. The molecule has 2 fully saturated rings. The number of hydrogen-bond acceptors (Lipinski definition) is 13. The first kappa shape index (κ1) is 34.1. The normalized spacial score (nSPS) is 19.5. The first-order valence-electron chi connectivity index (χ1n) is 15.4. The van der Waals surface area contributed by atoms with Crippen LogP contribution in [0.5, 0.6) is 5.75 Å². The van der Waals surface area contributed by atoms with E-state index in [4.69, 9.17) is 37.9 Å². The smallest absolute Gasteiger partial charge is 0.338 e. The van der Waals surface area contributed by atoms with Gasteiger partial charge in [-0.3, -0.25) is 0 Å². The standard InChI is InChI=1S/C35H34O13/c1-3-41-31(36)21-5-7-23(8-6-21)33(38)43-17-18-44-34(39)24-13-15-26(16-14-24)47-27-19-45-30-28(20-46-29(27)30)48-35(40)25-11-9-22(10-12-25)32(37)42-4-2/h5-16,27-30H,3-4,17-20H2,1-2H3/t27-,28-,29?,30?/m0/s1. The van der Waals surface area contributed by atoms with Gasteiger partial charge in [0.15, 0.2) is 12.2 Å². The van der Waals surface area contributed by atoms with Gasteiger partial charge in [-0.2, -0.15) is 0 Å². The summed E-state index contributed by atoms with van der Waals surface area (Å²) in [4.78, 5) is 61.0. The van der Waals surface area contributed by atoms with Crippen LogP contribution < -0.4 is 4.74 Å². The molecule has 0 amide bonds. The van der Waals surface area contributed by atoms with Crippen LogP contribution in [0.15, 0.2) is 72.8 Å². The van der Waals surface area contributed by atoms with Crippen molar-refractivity contribution >= 4 is 29.8 Å². The molecule has 2 heterocycles. The Morgan fingerprint density at radius 2 is 0.875 bits per heavy atom. The maximum Gasteiger partial charge on any atom is 0.338 e. The molecule has 0 N–H and O–H groups in total. The van der Waals surface area contributed by atoms with E-state index >= 15 is 0 Å². The van der Waals surface area contributed by atoms with Crippen molar-refractivity contribution in [1.82, 2.24) is 0 Å². The van der Waals surface area contributed by atoms with Gasteiger partial charge in [-0.05, 0) is 86.6 Å². The Kier molecular flexibility index (Phi) is 11.4. The number of carbonyl (C=O) groups excluding carboxylic acids is 5. The Hall–Kier alpha value is -5.27. The second-order valence-corrected chi connectivity index (χ2v) is 10.6. The predicted molar refractivity (Wildman–Crippen MR) is 165 cm³/mol. The highest BCUT2D eigenvalue weighted by atomic mass is 16.7. The van der Waals surface area contributed by atoms with E-state index in [1.54, 1.807) is 26.0 Å². The molecule has 0 aliphatic carbocycles. The SMILES string of the molecule is CCOC(=O)c1ccc(C(=O)OCCOC(=O)c2ccc(O[C@H]3COC4C3OC[C@@H]4OC(=O)c3ccc(C(=O)OCC)cc3)cc2)cc1. The molecule has 2 unspecified atom stereocenters. The molecule has 0 aromatic heterocycles. The Balaban J connectivity index is 1.03. The van der Waals surface area contributed by atoms with E-state index in [9.17, 15) is 24.0 Å². The number of benzene rings is 3. The van der Waals surface area contributed by atoms with Crippen molar-refractivity contribution < 1.29 is 61.9 Å². The van der Waals surface area contributed by atoms with Gasteiger partial charge in [0.05, 0.1) is 54.2 Å². The fraction of sp³-hybridized carbons (Fsp3) is 0.343. The first-order chi connectivity index (χ1) is 23.3. The number of hydrogen-bond donors (Lipinski definition) is 0. The second kappa shape index (κ2) is 16.0. The zero-order chi connectivity index (χ0) is 34.0. The summed E-state index contributed by atoms with van der Waals surface area (Å²) >= 11 is 0. The second-order valence-electron chi connectivity index (χ2n) is 10.6. The van der Waals surface area contributed by atoms with Crippen LogP contribution in [0.4, 0.5) is 0 Å². The van der Waals surface area contributed by atoms with Gasteiger partial charge in [0, 0.05) is 0 Å². The number of esters is 5. The third-order valence-electron chi connectivity index (χ3n) is 7.41. The van der Waals surface area contributed by atoms with Crippen LogP contribution in [0.3, 0.4) is 0 Å². The maximum atomic E-state index is 12.7. The Labute approximate surface area is 275 Å². The Morgan fingerprint density at radius 1 is 0.521 bits per heavy atom. The molecule has 4 atom stereocenters. The minimum atomic E-state index is -0.644. The molecule has 2 aliphatic rings. The van der Waals surface area contributed by atoms with Gasteiger partial charge < -0.3 is 37.9 Å². The predicted octanol–water partition coefficient (Wildman–Crippen LogP) is 3.82. The third kappa shape index (κ3) is 8.35. The lowest BCUT2D eigenvalue weighted by atomic mass is 10.1. The van der Waals surface area contributed by atoms with E-state index in [2.05, 4.69) is 0 Å². The largest absolute Gasteiger partial charge is 0.485 e. The number of ether oxygens (including phenoxy) is 8. The van der Waals surface area contributed by atoms with Crippen LogP contribution in [-0.4, -0.2) is 93.9 Å². The van der Waals surface area contributed by atoms with E-state index < -0.39 is 54.3 Å². The third-order valence-corrected chi connectivity index (χ3v) is 7.41. The average molecular weight is 663 g/mol. The lowest BCUT2D eigenvalue weighted by Crippen LogP contribution is -2.36. The van der Waals surface area contributed by atoms with Crippen molar-refractivity contribution in [3.63, 3.8) is 0 Å². The Morgan fingerprint density at radius 3 is 1.31 bits per heavy atom. The minimum Gasteiger partial charge on any atom is -0.485 e. The summed E-state index contributed by atoms with van der Waals surface area (Å²) in [6, 6.07) is 18.1. The molecule has 0 bridgehead atoms. The molecule has 13 heteroatoms. The molecule has 2 saturated heterocycles. The molecule has 252 valence electrons. The maximum absolute atomic E-state index is 12.7. The van der Waals surface area contributed by atoms with Crippen LogP contribution in [0, 0.1) is 0 Å². The molecule has 5 rings (SSSR count). The van der Waals surface area contributed by atoms with E-state index in [0.29, 0.717) is 16.9 Å². The first-order valence-corrected chi connectivity index (χ1v) is 15.4. The molecule has 3 aromatic rings. The van der Waals surface area contributed by atoms with E-state index in [1.807, 2.05) is 0 Å². The summed E-state index contributed by atoms with van der Waals surface area (Å²) in [6.07, 6.45) is -2.12. The number of fused-ring (bicyclic) bond motifs is 1. The lowest BCUT2D eigenvalue weighted by Gasteiger charge is -2.18. The molecule has 48 heavy (non-hydrogen) atoms. The van der Waals surface area contributed by atoms with Crippen molar-refractivity contribution in [1.29, 1.82) is 0 Å². The fourth-order valence-corrected chi connectivity index (χ4v) is 5.03. The highest BCUT2D eigenvalue weighted by Crippen LogP contribution is 2.32. The zero-order valence-electron chi connectivity index (χ0n) is 26.3. The minimum absolute atomic E-state index is 0.129. The van der Waals surface area contributed by atoms with E-state index in [-0.39, 0.29) is 56.3 Å². The fourth-order valence-electron chi connectivity index (χ4n) is 5.03. The monoisotopic (exact) mass is 662 g/mol. The van der Waals surface area contributed by atoms with Crippen molar-refractivity contribution in [2.75, 3.05) is 39.6 Å². The molecular weight excluding hydrogens is 628 g/mol. The summed E-state index contributed by atoms with van der Waals surface area (Å²) in [7, 11) is 0. The lowest BCUT2D eigenvalue weighted by molar-refractivity contribution is -0.0190. The van der Waals surface area contributed by atoms with Gasteiger partial charge in [0.1, 0.15) is 31.2 Å². The summed E-state index contributed by atoms with van der Waals surface area (Å²) in [5.74, 6) is -2.30. The van der Waals surface area contributed by atoms with E-state index in [0.717, 1.165) is 0 Å². The highest BCUT2D eigenvalue weighted by molar-refractivity contribution is 5.94. The summed E-state index contributed by atoms with van der Waals surface area (Å²) in [6.45, 7) is 3.92. The van der Waals surface area contributed by atoms with Gasteiger partial charge in [0.25, 0.3) is 0 Å². The van der Waals surface area contributed by atoms with Gasteiger partial charge >= 0.3 is 29.8 Å². The van der Waals surface area contributed by atoms with Crippen molar-refractivity contribution in [3.05, 3.63) is 101 Å². The van der Waals surface area contributed by atoms with Crippen LogP contribution in [-0.2, 0) is 33.2 Å². The number of rotatable bonds is 13. The average Bonchev–Trinajstić information content (AvgIpc) is 3.70. The molecule has 2 aliphatic heterocycles. The zero-order valence-corrected chi connectivity index (χ0v) is 26.3. The summed E-state index contributed by atoms with van der Waals surface area (Å²) < 4.78 is 43.6. The van der Waals surface area contributed by atoms with Gasteiger partial charge in [-0.15, -0.1) is 0 Å². The van der Waals surface area contributed by atoms with Crippen LogP contribution in [0.25, 0.3) is 0 Å². The van der Waals surface area contributed by atoms with E-state index in [1.165, 1.54) is 60.7 Å². The van der Waals surface area contributed by atoms with Crippen molar-refractivity contribution in [2.45, 2.75) is 38.3 Å². The molecular formula is C35H34O13. The summed E-state index contributed by atoms with van der Waals surface area (Å²) in [5, 5.41) is 0. The van der Waals surface area contributed by atoms with Crippen molar-refractivity contribution in [2.24, 2.45) is 0 Å². The van der Waals surface area contributed by atoms with Crippen LogP contribution >= 0.6 is 0 Å². The topological polar surface area (TPSA) is 159 Å². The molecule has 0 radical (unpaired) electrons. The molecule has 3 aromatic carbocycles. The Bertz CT molecular complexity index is 1600. The number of carbonyl (C=O) groups is 5. The molecule has 0 saturated carbocycles. The van der Waals surface area contributed by atoms with Gasteiger partial charge in [-0.1, -0.05) is 0 Å². The quantitative estimate of drug-likeness (QED) is 0.148. The van der Waals surface area contributed by atoms with Crippen molar-refractivity contribution in [3.8, 4) is 5.75 Å². The van der Waals surface area contributed by atoms with Crippen LogP contribution in [0.1, 0.15) is 65.6 Å². The highest BCUT2D eigenvalue weighted by Gasteiger charge is 2.50. The molecule has 13 nitrogen and oxygen atoms in total.